The summed E-state index contributed by atoms with van der Waals surface area (Å²) in [6.45, 7) is 3.31. The maximum Gasteiger partial charge on any atom is 0.235 e. The van der Waals surface area contributed by atoms with Gasteiger partial charge in [-0.1, -0.05) is 24.9 Å². The quantitative estimate of drug-likeness (QED) is 0.522. The van der Waals surface area contributed by atoms with E-state index in [-0.39, 0.29) is 21.6 Å². The molecule has 3 aromatic rings. The van der Waals surface area contributed by atoms with Gasteiger partial charge in [0.2, 0.25) is 15.8 Å². The van der Waals surface area contributed by atoms with Gasteiger partial charge in [-0.2, -0.15) is 0 Å². The van der Waals surface area contributed by atoms with Crippen LogP contribution in [0.4, 0.5) is 14.5 Å². The number of hydrogen-bond acceptors (Lipinski definition) is 4. The van der Waals surface area contributed by atoms with Gasteiger partial charge in [-0.15, -0.1) is 0 Å². The molecule has 0 aliphatic rings. The summed E-state index contributed by atoms with van der Waals surface area (Å²) in [6, 6.07) is 3.23. The van der Waals surface area contributed by atoms with Crippen LogP contribution in [0.15, 0.2) is 30.6 Å². The van der Waals surface area contributed by atoms with Crippen molar-refractivity contribution in [1.82, 2.24) is 9.97 Å². The molecule has 0 bridgehead atoms. The summed E-state index contributed by atoms with van der Waals surface area (Å²) < 4.78 is 56.3. The first kappa shape index (κ1) is 21.2. The Labute approximate surface area is 171 Å². The smallest absolute Gasteiger partial charge is 0.235 e. The van der Waals surface area contributed by atoms with Gasteiger partial charge in [0, 0.05) is 17.8 Å². The number of rotatable bonds is 7. The molecule has 0 saturated carbocycles. The SMILES string of the molecule is CCCC(C)S(=O)(=O)Nc1ccc(F)c(C(=O)c2c[nH]c3nccc(Cl)c23)c1F. The normalized spacial score (nSPS) is 12.9. The molecule has 1 atom stereocenters. The van der Waals surface area contributed by atoms with E-state index in [1.54, 1.807) is 0 Å². The third-order valence-corrected chi connectivity index (χ3v) is 6.68. The fourth-order valence-corrected chi connectivity index (χ4v) is 4.44. The molecule has 3 rings (SSSR count). The molecule has 2 aromatic heterocycles. The van der Waals surface area contributed by atoms with Gasteiger partial charge in [-0.05, 0) is 31.5 Å². The molecular formula is C19H18ClF2N3O3S. The molecule has 154 valence electrons. The first-order valence-corrected chi connectivity index (χ1v) is 10.8. The fourth-order valence-electron chi connectivity index (χ4n) is 2.99. The van der Waals surface area contributed by atoms with Gasteiger partial charge in [-0.25, -0.2) is 22.2 Å². The van der Waals surface area contributed by atoms with Crippen molar-refractivity contribution in [1.29, 1.82) is 0 Å². The zero-order valence-electron chi connectivity index (χ0n) is 15.6. The van der Waals surface area contributed by atoms with Gasteiger partial charge in [0.25, 0.3) is 0 Å². The molecule has 10 heteroatoms. The average molecular weight is 442 g/mol. The number of sulfonamides is 1. The van der Waals surface area contributed by atoms with Crippen molar-refractivity contribution >= 4 is 44.1 Å². The van der Waals surface area contributed by atoms with Crippen LogP contribution >= 0.6 is 11.6 Å². The third-order valence-electron chi connectivity index (χ3n) is 4.56. The van der Waals surface area contributed by atoms with Crippen LogP contribution in [0.1, 0.15) is 42.6 Å². The van der Waals surface area contributed by atoms with Crippen LogP contribution in [0.2, 0.25) is 5.02 Å². The zero-order chi connectivity index (χ0) is 21.3. The molecule has 0 spiro atoms. The number of benzene rings is 1. The Balaban J connectivity index is 2.06. The van der Waals surface area contributed by atoms with E-state index in [4.69, 9.17) is 11.6 Å². The van der Waals surface area contributed by atoms with E-state index in [1.807, 2.05) is 6.92 Å². The minimum Gasteiger partial charge on any atom is -0.345 e. The highest BCUT2D eigenvalue weighted by Gasteiger charge is 2.28. The van der Waals surface area contributed by atoms with Gasteiger partial charge in [0.1, 0.15) is 11.5 Å². The molecule has 6 nitrogen and oxygen atoms in total. The Morgan fingerprint density at radius 2 is 2.03 bits per heavy atom. The van der Waals surface area contributed by atoms with Gasteiger partial charge >= 0.3 is 0 Å². The summed E-state index contributed by atoms with van der Waals surface area (Å²) in [6.07, 6.45) is 3.66. The molecule has 0 saturated heterocycles. The molecule has 2 heterocycles. The highest BCUT2D eigenvalue weighted by atomic mass is 35.5. The van der Waals surface area contributed by atoms with Gasteiger partial charge in [-0.3, -0.25) is 9.52 Å². The highest BCUT2D eigenvalue weighted by Crippen LogP contribution is 2.30. The minimum atomic E-state index is -3.91. The number of ketones is 1. The number of nitrogens with zero attached hydrogens (tertiary/aromatic N) is 1. The fraction of sp³-hybridized carbons (Fsp3) is 0.263. The summed E-state index contributed by atoms with van der Waals surface area (Å²) >= 11 is 6.11. The van der Waals surface area contributed by atoms with Crippen LogP contribution in [0, 0.1) is 11.6 Å². The lowest BCUT2D eigenvalue weighted by Gasteiger charge is -2.15. The van der Waals surface area contributed by atoms with E-state index in [9.17, 15) is 17.6 Å². The van der Waals surface area contributed by atoms with E-state index in [1.165, 1.54) is 25.4 Å². The summed E-state index contributed by atoms with van der Waals surface area (Å²) in [7, 11) is -3.91. The highest BCUT2D eigenvalue weighted by molar-refractivity contribution is 7.93. The Bertz CT molecular complexity index is 1190. The van der Waals surface area contributed by atoms with Crippen LogP contribution in [0.3, 0.4) is 0 Å². The lowest BCUT2D eigenvalue weighted by molar-refractivity contribution is 0.103. The van der Waals surface area contributed by atoms with E-state index >= 15 is 4.39 Å². The van der Waals surface area contributed by atoms with Gasteiger partial charge in [0.05, 0.1) is 27.1 Å². The topological polar surface area (TPSA) is 91.9 Å². The number of carbonyl (C=O) groups is 1. The average Bonchev–Trinajstić information content (AvgIpc) is 3.10. The maximum atomic E-state index is 15.0. The summed E-state index contributed by atoms with van der Waals surface area (Å²) in [5.41, 5.74) is -1.17. The van der Waals surface area contributed by atoms with E-state index in [0.29, 0.717) is 12.8 Å². The molecule has 1 unspecified atom stereocenters. The van der Waals surface area contributed by atoms with Crippen molar-refractivity contribution in [2.75, 3.05) is 4.72 Å². The number of carbonyl (C=O) groups excluding carboxylic acids is 1. The number of hydrogen-bond donors (Lipinski definition) is 2. The largest absolute Gasteiger partial charge is 0.345 e. The monoisotopic (exact) mass is 441 g/mol. The number of pyridine rings is 1. The number of aromatic nitrogens is 2. The second-order valence-electron chi connectivity index (χ2n) is 6.58. The molecule has 0 fully saturated rings. The Kier molecular flexibility index (Phi) is 5.90. The van der Waals surface area contributed by atoms with Gasteiger partial charge in [0.15, 0.2) is 5.82 Å². The first-order chi connectivity index (χ1) is 13.7. The van der Waals surface area contributed by atoms with E-state index in [2.05, 4.69) is 14.7 Å². The molecule has 0 aliphatic carbocycles. The van der Waals surface area contributed by atoms with Crippen molar-refractivity contribution in [3.05, 3.63) is 58.4 Å². The van der Waals surface area contributed by atoms with E-state index < -0.39 is 43.9 Å². The molecule has 2 N–H and O–H groups in total. The number of H-pyrrole nitrogens is 1. The number of nitrogens with one attached hydrogen (secondary N) is 2. The van der Waals surface area contributed by atoms with Crippen LogP contribution in [0.5, 0.6) is 0 Å². The Morgan fingerprint density at radius 1 is 1.31 bits per heavy atom. The predicted molar refractivity (Wildman–Crippen MR) is 108 cm³/mol. The van der Waals surface area contributed by atoms with Crippen LogP contribution in [-0.2, 0) is 10.0 Å². The molecule has 0 radical (unpaired) electrons. The predicted octanol–water partition coefficient (Wildman–Crippen LogP) is 4.66. The summed E-state index contributed by atoms with van der Waals surface area (Å²) in [5.74, 6) is -3.40. The first-order valence-electron chi connectivity index (χ1n) is 8.83. The maximum absolute atomic E-state index is 15.0. The van der Waals surface area contributed by atoms with Crippen LogP contribution < -0.4 is 4.72 Å². The Morgan fingerprint density at radius 3 is 2.72 bits per heavy atom. The van der Waals surface area contributed by atoms with Gasteiger partial charge < -0.3 is 4.98 Å². The van der Waals surface area contributed by atoms with Crippen LogP contribution in [-0.4, -0.2) is 29.4 Å². The lowest BCUT2D eigenvalue weighted by atomic mass is 10.0. The van der Waals surface area contributed by atoms with Crippen molar-refractivity contribution in [2.24, 2.45) is 0 Å². The second-order valence-corrected chi connectivity index (χ2v) is 9.08. The van der Waals surface area contributed by atoms with Crippen molar-refractivity contribution in [3.8, 4) is 0 Å². The number of halogens is 3. The standard InChI is InChI=1S/C19H18ClF2N3O3S/c1-3-4-10(2)29(27,28)25-14-6-5-13(21)16(17(14)22)18(26)11-9-24-19-15(11)12(20)7-8-23-19/h5-10,25H,3-4H2,1-2H3,(H,23,24). The molecule has 29 heavy (non-hydrogen) atoms. The second kappa shape index (κ2) is 8.08. The Hall–Kier alpha value is -2.52. The number of fused-ring (bicyclic) bond motifs is 1. The molecule has 0 aliphatic heterocycles. The van der Waals surface area contributed by atoms with Crippen molar-refractivity contribution in [3.63, 3.8) is 0 Å². The van der Waals surface area contributed by atoms with Crippen molar-refractivity contribution < 1.29 is 22.0 Å². The van der Waals surface area contributed by atoms with Crippen molar-refractivity contribution in [2.45, 2.75) is 31.9 Å². The van der Waals surface area contributed by atoms with E-state index in [0.717, 1.165) is 12.1 Å². The summed E-state index contributed by atoms with van der Waals surface area (Å²) in [4.78, 5) is 19.6. The molecule has 1 aromatic carbocycles. The lowest BCUT2D eigenvalue weighted by Crippen LogP contribution is -2.26. The minimum absolute atomic E-state index is 0.0738. The molecule has 0 amide bonds. The summed E-state index contributed by atoms with van der Waals surface area (Å²) in [5, 5.41) is -0.374. The van der Waals surface area contributed by atoms with Crippen LogP contribution in [0.25, 0.3) is 11.0 Å². The molecular weight excluding hydrogens is 424 g/mol. The number of aromatic amines is 1. The number of anilines is 1. The third kappa shape index (κ3) is 3.97. The zero-order valence-corrected chi connectivity index (χ0v) is 17.2.